The van der Waals surface area contributed by atoms with Crippen LogP contribution in [0.3, 0.4) is 0 Å². The zero-order chi connectivity index (χ0) is 43.7. The van der Waals surface area contributed by atoms with Crippen molar-refractivity contribution in [2.24, 2.45) is 0 Å². The standard InChI is InChI=1S/C63H43NOSi/c1-4-21-47(22-5-1)64(58-42-46-20-10-11-27-51(46)52-28-12-13-29-53(52)58)48-39-36-44(37-40-48)45-38-41-55-60(43-45)65-59-33-17-14-30-54(59)63(55)56-31-15-18-34-61(56)66(49-23-6-2-7-24-49,50-25-8-3-9-26-50)62-35-19-16-32-57(62)63/h1-43H. The van der Waals surface area contributed by atoms with Gasteiger partial charge in [0.2, 0.25) is 0 Å². The summed E-state index contributed by atoms with van der Waals surface area (Å²) in [4.78, 5) is 2.39. The Labute approximate surface area is 386 Å². The Morgan fingerprint density at radius 1 is 0.333 bits per heavy atom. The third kappa shape index (κ3) is 5.54. The Kier molecular flexibility index (Phi) is 8.80. The summed E-state index contributed by atoms with van der Waals surface area (Å²) in [7, 11) is -2.83. The van der Waals surface area contributed by atoms with E-state index in [1.54, 1.807) is 0 Å². The SMILES string of the molecule is c1ccc(N(c2ccc(-c3ccc4c(c3)Oc3ccccc3C43c4ccccc4[Si](c4ccccc4)(c4ccccc4)c4ccccc43)cc2)c2cc3ccccc3c3ccccc23)cc1. The average Bonchev–Trinajstić information content (AvgIpc) is 3.40. The van der Waals surface area contributed by atoms with Crippen LogP contribution in [0, 0.1) is 0 Å². The van der Waals surface area contributed by atoms with Gasteiger partial charge in [0.1, 0.15) is 11.5 Å². The van der Waals surface area contributed by atoms with E-state index in [-0.39, 0.29) is 0 Å². The van der Waals surface area contributed by atoms with Crippen LogP contribution in [0.25, 0.3) is 32.7 Å². The molecule has 0 N–H and O–H groups in total. The fraction of sp³-hybridized carbons (Fsp3) is 0.0159. The van der Waals surface area contributed by atoms with Gasteiger partial charge in [0.15, 0.2) is 8.07 Å². The van der Waals surface area contributed by atoms with Crippen LogP contribution in [0.15, 0.2) is 261 Å². The number of para-hydroxylation sites is 2. The van der Waals surface area contributed by atoms with Gasteiger partial charge in [0, 0.05) is 27.9 Å². The molecule has 0 bridgehead atoms. The number of ether oxygens (including phenoxy) is 1. The molecule has 0 unspecified atom stereocenters. The number of fused-ring (bicyclic) bond motifs is 11. The molecule has 0 amide bonds. The second kappa shape index (κ2) is 15.2. The van der Waals surface area contributed by atoms with Crippen LogP contribution >= 0.6 is 0 Å². The first-order valence-electron chi connectivity index (χ1n) is 22.8. The second-order valence-corrected chi connectivity index (χ2v) is 21.2. The van der Waals surface area contributed by atoms with Gasteiger partial charge < -0.3 is 9.64 Å². The summed E-state index contributed by atoms with van der Waals surface area (Å²) in [5.41, 5.74) is 9.91. The smallest absolute Gasteiger partial charge is 0.180 e. The number of hydrogen-bond acceptors (Lipinski definition) is 2. The van der Waals surface area contributed by atoms with Gasteiger partial charge in [-0.25, -0.2) is 0 Å². The molecule has 0 saturated carbocycles. The summed E-state index contributed by atoms with van der Waals surface area (Å²) in [6, 6.07) is 96.3. The topological polar surface area (TPSA) is 12.5 Å². The Balaban J connectivity index is 0.990. The predicted molar refractivity (Wildman–Crippen MR) is 277 cm³/mol. The van der Waals surface area contributed by atoms with E-state index in [2.05, 4.69) is 266 Å². The Morgan fingerprint density at radius 2 is 0.818 bits per heavy atom. The normalized spacial score (nSPS) is 13.8. The first-order chi connectivity index (χ1) is 32.7. The van der Waals surface area contributed by atoms with Crippen molar-refractivity contribution >= 4 is 67.4 Å². The lowest BCUT2D eigenvalue weighted by atomic mass is 9.63. The number of benzene rings is 11. The van der Waals surface area contributed by atoms with Crippen molar-refractivity contribution in [2.45, 2.75) is 5.41 Å². The number of nitrogens with zero attached hydrogens (tertiary/aromatic N) is 1. The van der Waals surface area contributed by atoms with E-state index in [0.717, 1.165) is 45.3 Å². The van der Waals surface area contributed by atoms with Crippen molar-refractivity contribution in [1.29, 1.82) is 0 Å². The Morgan fingerprint density at radius 3 is 1.48 bits per heavy atom. The highest BCUT2D eigenvalue weighted by molar-refractivity contribution is 7.20. The highest BCUT2D eigenvalue weighted by atomic mass is 28.3. The van der Waals surface area contributed by atoms with Crippen molar-refractivity contribution in [1.82, 2.24) is 0 Å². The van der Waals surface area contributed by atoms with Crippen LogP contribution in [0.2, 0.25) is 0 Å². The zero-order valence-electron chi connectivity index (χ0n) is 36.2. The first kappa shape index (κ1) is 38.2. The molecule has 3 heteroatoms. The zero-order valence-corrected chi connectivity index (χ0v) is 37.2. The molecule has 2 aliphatic heterocycles. The van der Waals surface area contributed by atoms with Gasteiger partial charge in [0.05, 0.1) is 11.1 Å². The molecule has 310 valence electrons. The van der Waals surface area contributed by atoms with Crippen molar-refractivity contribution in [2.75, 3.05) is 4.90 Å². The fourth-order valence-corrected chi connectivity index (χ4v) is 16.9. The van der Waals surface area contributed by atoms with Gasteiger partial charge in [-0.2, -0.15) is 0 Å². The summed E-state index contributed by atoms with van der Waals surface area (Å²) in [6.45, 7) is 0. The molecular weight excluding hydrogens is 815 g/mol. The fourth-order valence-electron chi connectivity index (χ4n) is 11.6. The predicted octanol–water partition coefficient (Wildman–Crippen LogP) is 13.3. The molecule has 0 atom stereocenters. The molecular formula is C63H43NOSi. The van der Waals surface area contributed by atoms with Gasteiger partial charge >= 0.3 is 0 Å². The van der Waals surface area contributed by atoms with E-state index < -0.39 is 13.5 Å². The van der Waals surface area contributed by atoms with Crippen molar-refractivity contribution < 1.29 is 4.74 Å². The molecule has 0 radical (unpaired) electrons. The first-order valence-corrected chi connectivity index (χ1v) is 24.8. The van der Waals surface area contributed by atoms with E-state index in [1.807, 2.05) is 0 Å². The van der Waals surface area contributed by atoms with Crippen molar-refractivity contribution in [3.63, 3.8) is 0 Å². The minimum absolute atomic E-state index is 0.626. The lowest BCUT2D eigenvalue weighted by molar-refractivity contribution is 0.435. The number of anilines is 3. The van der Waals surface area contributed by atoms with Crippen LogP contribution < -0.4 is 30.4 Å². The van der Waals surface area contributed by atoms with Crippen molar-refractivity contribution in [3.8, 4) is 22.6 Å². The number of rotatable bonds is 6. The summed E-state index contributed by atoms with van der Waals surface area (Å²) in [5.74, 6) is 1.76. The van der Waals surface area contributed by atoms with E-state index in [0.29, 0.717) is 0 Å². The average molecular weight is 858 g/mol. The summed E-state index contributed by atoms with van der Waals surface area (Å²) in [5, 5.41) is 10.5. The molecule has 2 nitrogen and oxygen atoms in total. The highest BCUT2D eigenvalue weighted by Gasteiger charge is 2.57. The van der Waals surface area contributed by atoms with Gasteiger partial charge in [-0.15, -0.1) is 0 Å². The van der Waals surface area contributed by atoms with Crippen LogP contribution in [0.1, 0.15) is 22.3 Å². The molecule has 1 spiro atoms. The molecule has 0 saturated heterocycles. The molecule has 11 aromatic rings. The molecule has 2 aliphatic rings. The Bertz CT molecular complexity index is 3530. The van der Waals surface area contributed by atoms with Crippen LogP contribution in [-0.2, 0) is 5.41 Å². The summed E-state index contributed by atoms with van der Waals surface area (Å²) < 4.78 is 7.08. The van der Waals surface area contributed by atoms with E-state index in [4.69, 9.17) is 4.74 Å². The summed E-state index contributed by atoms with van der Waals surface area (Å²) in [6.07, 6.45) is 0. The lowest BCUT2D eigenvalue weighted by Gasteiger charge is -2.51. The van der Waals surface area contributed by atoms with Crippen molar-refractivity contribution in [3.05, 3.63) is 283 Å². The van der Waals surface area contributed by atoms with E-state index in [1.165, 1.54) is 59.0 Å². The number of hydrogen-bond donors (Lipinski definition) is 0. The second-order valence-electron chi connectivity index (χ2n) is 17.5. The maximum absolute atomic E-state index is 7.08. The molecule has 2 heterocycles. The molecule has 0 aliphatic carbocycles. The van der Waals surface area contributed by atoms with Crippen LogP contribution in [-0.4, -0.2) is 8.07 Å². The maximum Gasteiger partial charge on any atom is 0.180 e. The minimum atomic E-state index is -2.83. The molecule has 0 aromatic heterocycles. The van der Waals surface area contributed by atoms with Gasteiger partial charge in [-0.3, -0.25) is 0 Å². The van der Waals surface area contributed by atoms with E-state index in [9.17, 15) is 0 Å². The quantitative estimate of drug-likeness (QED) is 0.122. The van der Waals surface area contributed by atoms with Crippen LogP contribution in [0.5, 0.6) is 11.5 Å². The Hall–Kier alpha value is -8.24. The summed E-state index contributed by atoms with van der Waals surface area (Å²) >= 11 is 0. The third-order valence-corrected chi connectivity index (χ3v) is 19.1. The van der Waals surface area contributed by atoms with Gasteiger partial charge in [-0.1, -0.05) is 218 Å². The molecule has 0 fully saturated rings. The molecule has 11 aromatic carbocycles. The van der Waals surface area contributed by atoms with Crippen LogP contribution in [0.4, 0.5) is 17.1 Å². The molecule has 66 heavy (non-hydrogen) atoms. The van der Waals surface area contributed by atoms with Gasteiger partial charge in [-0.05, 0) is 102 Å². The van der Waals surface area contributed by atoms with Gasteiger partial charge in [0.25, 0.3) is 0 Å². The third-order valence-electron chi connectivity index (χ3n) is 14.2. The van der Waals surface area contributed by atoms with E-state index >= 15 is 0 Å². The minimum Gasteiger partial charge on any atom is -0.457 e. The highest BCUT2D eigenvalue weighted by Crippen LogP contribution is 2.57. The maximum atomic E-state index is 7.08. The molecule has 13 rings (SSSR count). The lowest BCUT2D eigenvalue weighted by Crippen LogP contribution is -2.79. The largest absolute Gasteiger partial charge is 0.457 e. The monoisotopic (exact) mass is 857 g/mol.